The van der Waals surface area contributed by atoms with Crippen molar-refractivity contribution < 1.29 is 22.8 Å². The number of carbonyl (C=O) groups excluding carboxylic acids is 2. The van der Waals surface area contributed by atoms with Gasteiger partial charge in [-0.25, -0.2) is 0 Å². The lowest BCUT2D eigenvalue weighted by molar-refractivity contribution is -0.137. The number of para-hydroxylation sites is 1. The van der Waals surface area contributed by atoms with Crippen molar-refractivity contribution in [2.45, 2.75) is 6.18 Å². The van der Waals surface area contributed by atoms with Crippen LogP contribution >= 0.6 is 0 Å². The number of likely N-dealkylation sites (N-methyl/N-ethyl adjacent to an activating group) is 1. The van der Waals surface area contributed by atoms with E-state index in [9.17, 15) is 22.8 Å². The first-order valence-electron chi connectivity index (χ1n) is 5.68. The Kier molecular flexibility index (Phi) is 4.95. The van der Waals surface area contributed by atoms with Crippen LogP contribution in [-0.4, -0.2) is 32.5 Å². The van der Waals surface area contributed by atoms with E-state index in [2.05, 4.69) is 16.0 Å². The van der Waals surface area contributed by atoms with E-state index >= 15 is 0 Å². The summed E-state index contributed by atoms with van der Waals surface area (Å²) in [5.41, 5.74) is -1.44. The second-order valence-electron chi connectivity index (χ2n) is 3.83. The molecule has 0 aliphatic rings. The normalized spacial score (nSPS) is 10.8. The molecule has 110 valence electrons. The number of carbonyl (C=O) groups is 2. The van der Waals surface area contributed by atoms with Crippen molar-refractivity contribution in [1.29, 1.82) is 0 Å². The standard InChI is InChI=1S/C12H14F3N3O2/c1-16-9(19)6-18-11(20)7-4-3-5-8(10(7)17-2)12(13,14)15/h3-5,17H,6H2,1-2H3,(H,16,19)(H,18,20). The van der Waals surface area contributed by atoms with Gasteiger partial charge in [-0.05, 0) is 12.1 Å². The van der Waals surface area contributed by atoms with Crippen LogP contribution in [0.5, 0.6) is 0 Å². The molecule has 1 aromatic rings. The quantitative estimate of drug-likeness (QED) is 0.780. The van der Waals surface area contributed by atoms with Crippen LogP contribution in [-0.2, 0) is 11.0 Å². The molecule has 1 rings (SSSR count). The van der Waals surface area contributed by atoms with Gasteiger partial charge in [-0.2, -0.15) is 13.2 Å². The van der Waals surface area contributed by atoms with E-state index in [1.807, 2.05) is 0 Å². The summed E-state index contributed by atoms with van der Waals surface area (Å²) in [5, 5.41) is 6.90. The summed E-state index contributed by atoms with van der Waals surface area (Å²) in [6.07, 6.45) is -4.57. The highest BCUT2D eigenvalue weighted by atomic mass is 19.4. The van der Waals surface area contributed by atoms with E-state index in [0.29, 0.717) is 0 Å². The van der Waals surface area contributed by atoms with Crippen LogP contribution < -0.4 is 16.0 Å². The fourth-order valence-corrected chi connectivity index (χ4v) is 1.59. The minimum atomic E-state index is -4.57. The molecule has 0 atom stereocenters. The fourth-order valence-electron chi connectivity index (χ4n) is 1.59. The Hall–Kier alpha value is -2.25. The second-order valence-corrected chi connectivity index (χ2v) is 3.83. The average Bonchev–Trinajstić information content (AvgIpc) is 2.42. The Morgan fingerprint density at radius 3 is 2.35 bits per heavy atom. The smallest absolute Gasteiger partial charge is 0.387 e. The van der Waals surface area contributed by atoms with Crippen molar-refractivity contribution in [3.05, 3.63) is 29.3 Å². The van der Waals surface area contributed by atoms with Crippen molar-refractivity contribution in [2.75, 3.05) is 26.0 Å². The van der Waals surface area contributed by atoms with E-state index in [1.165, 1.54) is 20.2 Å². The Bertz CT molecular complexity index is 515. The molecule has 0 aliphatic carbocycles. The third kappa shape index (κ3) is 3.62. The first kappa shape index (κ1) is 15.8. The molecule has 0 aromatic heterocycles. The minimum absolute atomic E-state index is 0.175. The molecule has 0 saturated heterocycles. The maximum atomic E-state index is 12.8. The summed E-state index contributed by atoms with van der Waals surface area (Å²) in [5.74, 6) is -1.21. The van der Waals surface area contributed by atoms with Crippen molar-refractivity contribution in [1.82, 2.24) is 10.6 Å². The van der Waals surface area contributed by atoms with Crippen LogP contribution in [0.2, 0.25) is 0 Å². The summed E-state index contributed by atoms with van der Waals surface area (Å²) < 4.78 is 38.4. The average molecular weight is 289 g/mol. The highest BCUT2D eigenvalue weighted by molar-refractivity contribution is 6.01. The molecular formula is C12H14F3N3O2. The molecule has 20 heavy (non-hydrogen) atoms. The Morgan fingerprint density at radius 2 is 1.85 bits per heavy atom. The molecule has 1 aromatic carbocycles. The molecule has 0 heterocycles. The molecule has 0 radical (unpaired) electrons. The van der Waals surface area contributed by atoms with Crippen LogP contribution in [0.3, 0.4) is 0 Å². The molecule has 0 fully saturated rings. The molecule has 8 heteroatoms. The van der Waals surface area contributed by atoms with Gasteiger partial charge in [0.05, 0.1) is 23.4 Å². The van der Waals surface area contributed by atoms with Crippen LogP contribution in [0.15, 0.2) is 18.2 Å². The predicted molar refractivity (Wildman–Crippen MR) is 67.4 cm³/mol. The summed E-state index contributed by atoms with van der Waals surface area (Å²) in [7, 11) is 2.68. The van der Waals surface area contributed by atoms with Crippen molar-refractivity contribution in [2.24, 2.45) is 0 Å². The highest BCUT2D eigenvalue weighted by Gasteiger charge is 2.34. The Balaban J connectivity index is 3.06. The SMILES string of the molecule is CNC(=O)CNC(=O)c1cccc(C(F)(F)F)c1NC. The van der Waals surface area contributed by atoms with Crippen LogP contribution in [0.1, 0.15) is 15.9 Å². The molecule has 3 N–H and O–H groups in total. The number of halogens is 3. The van der Waals surface area contributed by atoms with E-state index in [-0.39, 0.29) is 17.8 Å². The molecule has 0 aliphatic heterocycles. The molecule has 2 amide bonds. The highest BCUT2D eigenvalue weighted by Crippen LogP contribution is 2.36. The number of alkyl halides is 3. The first-order chi connectivity index (χ1) is 9.31. The van der Waals surface area contributed by atoms with Gasteiger partial charge in [-0.15, -0.1) is 0 Å². The van der Waals surface area contributed by atoms with E-state index in [4.69, 9.17) is 0 Å². The number of benzene rings is 1. The zero-order valence-corrected chi connectivity index (χ0v) is 10.9. The van der Waals surface area contributed by atoms with Gasteiger partial charge in [0.15, 0.2) is 0 Å². The molecule has 0 bridgehead atoms. The number of amides is 2. The fraction of sp³-hybridized carbons (Fsp3) is 0.333. The Labute approximate surface area is 113 Å². The molecule has 0 unspecified atom stereocenters. The van der Waals surface area contributed by atoms with Crippen LogP contribution in [0.4, 0.5) is 18.9 Å². The monoisotopic (exact) mass is 289 g/mol. The van der Waals surface area contributed by atoms with Gasteiger partial charge in [0.25, 0.3) is 5.91 Å². The third-order valence-electron chi connectivity index (χ3n) is 2.55. The summed E-state index contributed by atoms with van der Waals surface area (Å²) in [6, 6.07) is 3.26. The number of rotatable bonds is 4. The minimum Gasteiger partial charge on any atom is -0.387 e. The lowest BCUT2D eigenvalue weighted by Crippen LogP contribution is -2.35. The number of anilines is 1. The zero-order valence-electron chi connectivity index (χ0n) is 10.9. The molecular weight excluding hydrogens is 275 g/mol. The van der Waals surface area contributed by atoms with Gasteiger partial charge in [-0.1, -0.05) is 6.07 Å². The van der Waals surface area contributed by atoms with E-state index in [1.54, 1.807) is 0 Å². The molecule has 0 spiro atoms. The summed E-state index contributed by atoms with van der Waals surface area (Å²) in [6.45, 7) is -0.311. The largest absolute Gasteiger partial charge is 0.418 e. The van der Waals surface area contributed by atoms with Crippen LogP contribution in [0, 0.1) is 0 Å². The number of nitrogens with one attached hydrogen (secondary N) is 3. The lowest BCUT2D eigenvalue weighted by atomic mass is 10.1. The number of hydrogen-bond acceptors (Lipinski definition) is 3. The number of hydrogen-bond donors (Lipinski definition) is 3. The Morgan fingerprint density at radius 1 is 1.20 bits per heavy atom. The van der Waals surface area contributed by atoms with Gasteiger partial charge >= 0.3 is 6.18 Å². The maximum Gasteiger partial charge on any atom is 0.418 e. The van der Waals surface area contributed by atoms with Crippen molar-refractivity contribution in [3.8, 4) is 0 Å². The van der Waals surface area contributed by atoms with Gasteiger partial charge in [-0.3, -0.25) is 9.59 Å². The van der Waals surface area contributed by atoms with Crippen LogP contribution in [0.25, 0.3) is 0 Å². The van der Waals surface area contributed by atoms with Crippen molar-refractivity contribution >= 4 is 17.5 Å². The molecule has 5 nitrogen and oxygen atoms in total. The predicted octanol–water partition coefficient (Wildman–Crippen LogP) is 1.22. The van der Waals surface area contributed by atoms with Gasteiger partial charge < -0.3 is 16.0 Å². The maximum absolute atomic E-state index is 12.8. The van der Waals surface area contributed by atoms with Gasteiger partial charge in [0, 0.05) is 14.1 Å². The zero-order chi connectivity index (χ0) is 15.3. The van der Waals surface area contributed by atoms with E-state index < -0.39 is 23.6 Å². The summed E-state index contributed by atoms with van der Waals surface area (Å²) in [4.78, 5) is 22.8. The van der Waals surface area contributed by atoms with Gasteiger partial charge in [0.1, 0.15) is 0 Å². The molecule has 0 saturated carbocycles. The summed E-state index contributed by atoms with van der Waals surface area (Å²) >= 11 is 0. The van der Waals surface area contributed by atoms with Crippen molar-refractivity contribution in [3.63, 3.8) is 0 Å². The van der Waals surface area contributed by atoms with Gasteiger partial charge in [0.2, 0.25) is 5.91 Å². The first-order valence-corrected chi connectivity index (χ1v) is 5.68. The third-order valence-corrected chi connectivity index (χ3v) is 2.55. The lowest BCUT2D eigenvalue weighted by Gasteiger charge is -2.16. The van der Waals surface area contributed by atoms with E-state index in [0.717, 1.165) is 12.1 Å². The topological polar surface area (TPSA) is 70.2 Å². The second kappa shape index (κ2) is 6.27.